The monoisotopic (exact) mass is 413 g/mol. The molecule has 2 heterocycles. The third-order valence-electron chi connectivity index (χ3n) is 4.81. The number of nitrogens with one attached hydrogen (secondary N) is 2. The van der Waals surface area contributed by atoms with Crippen molar-refractivity contribution in [1.82, 2.24) is 9.97 Å². The summed E-state index contributed by atoms with van der Waals surface area (Å²) in [6.07, 6.45) is 0. The van der Waals surface area contributed by atoms with Gasteiger partial charge in [-0.1, -0.05) is 12.1 Å². The van der Waals surface area contributed by atoms with Gasteiger partial charge in [-0.3, -0.25) is 0 Å². The van der Waals surface area contributed by atoms with Gasteiger partial charge in [0.25, 0.3) is 0 Å². The lowest BCUT2D eigenvalue weighted by Crippen LogP contribution is -2.47. The summed E-state index contributed by atoms with van der Waals surface area (Å²) < 4.78 is 5.48. The number of aromatic nitrogens is 2. The molecule has 10 nitrogen and oxygen atoms in total. The third-order valence-corrected chi connectivity index (χ3v) is 4.81. The molecule has 1 aromatic carbocycles. The van der Waals surface area contributed by atoms with Crippen LogP contribution in [0.1, 0.15) is 5.56 Å². The van der Waals surface area contributed by atoms with E-state index in [1.165, 1.54) is 0 Å². The molecule has 1 aromatic heterocycles. The first-order valence-electron chi connectivity index (χ1n) is 9.86. The second kappa shape index (κ2) is 10.5. The van der Waals surface area contributed by atoms with E-state index < -0.39 is 0 Å². The van der Waals surface area contributed by atoms with Crippen LogP contribution < -0.4 is 25.2 Å². The van der Waals surface area contributed by atoms with E-state index in [-0.39, 0.29) is 19.8 Å². The fraction of sp³-hybridized carbons (Fsp3) is 0.450. The van der Waals surface area contributed by atoms with E-state index in [4.69, 9.17) is 14.9 Å². The Labute approximate surface area is 175 Å². The van der Waals surface area contributed by atoms with E-state index >= 15 is 0 Å². The molecule has 0 aliphatic carbocycles. The standard InChI is InChI=1S/C20H27N7O3/c1-30-17-5-3-2-4-16(17)26-8-10-27(11-9-26)19-15(14-21)18(22-6-12-28)24-20(25-19)23-7-13-29/h2-5,28-29H,6-13H2,1H3,(H2,22,23,24,25). The van der Waals surface area contributed by atoms with Gasteiger partial charge in [0.05, 0.1) is 26.0 Å². The Kier molecular flexibility index (Phi) is 7.48. The molecule has 30 heavy (non-hydrogen) atoms. The summed E-state index contributed by atoms with van der Waals surface area (Å²) in [6, 6.07) is 10.1. The zero-order valence-corrected chi connectivity index (χ0v) is 17.0. The van der Waals surface area contributed by atoms with E-state index in [0.29, 0.717) is 42.8 Å². The maximum Gasteiger partial charge on any atom is 0.226 e. The lowest BCUT2D eigenvalue weighted by Gasteiger charge is -2.37. The quantitative estimate of drug-likeness (QED) is 0.461. The molecule has 160 valence electrons. The summed E-state index contributed by atoms with van der Waals surface area (Å²) in [7, 11) is 1.66. The summed E-state index contributed by atoms with van der Waals surface area (Å²) >= 11 is 0. The minimum Gasteiger partial charge on any atom is -0.495 e. The van der Waals surface area contributed by atoms with Crippen molar-refractivity contribution < 1.29 is 14.9 Å². The number of anilines is 4. The largest absolute Gasteiger partial charge is 0.495 e. The number of piperazine rings is 1. The van der Waals surface area contributed by atoms with Crippen molar-refractivity contribution in [2.75, 3.05) is 80.0 Å². The van der Waals surface area contributed by atoms with Crippen molar-refractivity contribution in [1.29, 1.82) is 5.26 Å². The first-order chi connectivity index (χ1) is 14.7. The van der Waals surface area contributed by atoms with Gasteiger partial charge in [-0.15, -0.1) is 0 Å². The van der Waals surface area contributed by atoms with Crippen molar-refractivity contribution in [3.8, 4) is 11.8 Å². The van der Waals surface area contributed by atoms with E-state index in [2.05, 4.69) is 36.5 Å². The third kappa shape index (κ3) is 4.82. The SMILES string of the molecule is COc1ccccc1N1CCN(c2nc(NCCO)nc(NCCO)c2C#N)CC1. The van der Waals surface area contributed by atoms with Gasteiger partial charge in [0.2, 0.25) is 5.95 Å². The molecule has 2 aromatic rings. The minimum absolute atomic E-state index is 0.0598. The average molecular weight is 413 g/mol. The lowest BCUT2D eigenvalue weighted by molar-refractivity contribution is 0.311. The Morgan fingerprint density at radius 2 is 1.70 bits per heavy atom. The molecular formula is C20H27N7O3. The van der Waals surface area contributed by atoms with Gasteiger partial charge in [0.1, 0.15) is 17.4 Å². The maximum atomic E-state index is 9.75. The number of aliphatic hydroxyl groups is 2. The van der Waals surface area contributed by atoms with Crippen LogP contribution in [0.15, 0.2) is 24.3 Å². The Morgan fingerprint density at radius 1 is 1.03 bits per heavy atom. The highest BCUT2D eigenvalue weighted by Crippen LogP contribution is 2.31. The smallest absolute Gasteiger partial charge is 0.226 e. The summed E-state index contributed by atoms with van der Waals surface area (Å²) in [5.74, 6) is 2.06. The van der Waals surface area contributed by atoms with Crippen LogP contribution in [0.5, 0.6) is 5.75 Å². The summed E-state index contributed by atoms with van der Waals surface area (Å²) in [4.78, 5) is 13.2. The second-order valence-corrected chi connectivity index (χ2v) is 6.65. The van der Waals surface area contributed by atoms with E-state index in [0.717, 1.165) is 24.5 Å². The van der Waals surface area contributed by atoms with Gasteiger partial charge in [-0.2, -0.15) is 15.2 Å². The highest BCUT2D eigenvalue weighted by molar-refractivity contribution is 5.68. The summed E-state index contributed by atoms with van der Waals surface area (Å²) in [5.41, 5.74) is 1.38. The van der Waals surface area contributed by atoms with Gasteiger partial charge in [0, 0.05) is 39.3 Å². The van der Waals surface area contributed by atoms with Crippen molar-refractivity contribution in [2.24, 2.45) is 0 Å². The average Bonchev–Trinajstić information content (AvgIpc) is 2.81. The highest BCUT2D eigenvalue weighted by Gasteiger charge is 2.25. The van der Waals surface area contributed by atoms with E-state index in [1.54, 1.807) is 7.11 Å². The van der Waals surface area contributed by atoms with Gasteiger partial charge >= 0.3 is 0 Å². The molecular weight excluding hydrogens is 386 g/mol. The second-order valence-electron chi connectivity index (χ2n) is 6.65. The van der Waals surface area contributed by atoms with Crippen LogP contribution in [0.25, 0.3) is 0 Å². The topological polar surface area (TPSA) is 130 Å². The summed E-state index contributed by atoms with van der Waals surface area (Å²) in [6.45, 7) is 3.25. The molecule has 0 unspecified atom stereocenters. The predicted octanol–water partition coefficient (Wildman–Crippen LogP) is 0.492. The zero-order valence-electron chi connectivity index (χ0n) is 17.0. The molecule has 0 spiro atoms. The first kappa shape index (κ1) is 21.4. The van der Waals surface area contributed by atoms with Crippen LogP contribution >= 0.6 is 0 Å². The Bertz CT molecular complexity index is 879. The lowest BCUT2D eigenvalue weighted by atomic mass is 10.2. The van der Waals surface area contributed by atoms with Crippen molar-refractivity contribution >= 4 is 23.3 Å². The fourth-order valence-electron chi connectivity index (χ4n) is 3.38. The number of nitriles is 1. The number of hydrogen-bond acceptors (Lipinski definition) is 10. The zero-order chi connectivity index (χ0) is 21.3. The van der Waals surface area contributed by atoms with Gasteiger partial charge in [-0.25, -0.2) is 0 Å². The molecule has 0 atom stereocenters. The maximum absolute atomic E-state index is 9.75. The molecule has 1 fully saturated rings. The molecule has 0 saturated carbocycles. The normalized spacial score (nSPS) is 13.7. The van der Waals surface area contributed by atoms with Crippen LogP contribution in [-0.2, 0) is 0 Å². The Hall–Kier alpha value is -3.29. The van der Waals surface area contributed by atoms with Crippen molar-refractivity contribution in [3.63, 3.8) is 0 Å². The van der Waals surface area contributed by atoms with Crippen LogP contribution in [0.4, 0.5) is 23.3 Å². The van der Waals surface area contributed by atoms with Crippen molar-refractivity contribution in [3.05, 3.63) is 29.8 Å². The molecule has 0 amide bonds. The number of benzene rings is 1. The molecule has 10 heteroatoms. The Morgan fingerprint density at radius 3 is 2.37 bits per heavy atom. The number of hydrogen-bond donors (Lipinski definition) is 4. The van der Waals surface area contributed by atoms with Gasteiger partial charge < -0.3 is 35.4 Å². The number of para-hydroxylation sites is 2. The predicted molar refractivity (Wildman–Crippen MR) is 115 cm³/mol. The van der Waals surface area contributed by atoms with Gasteiger partial charge in [0.15, 0.2) is 11.6 Å². The molecule has 3 rings (SSSR count). The molecule has 1 saturated heterocycles. The van der Waals surface area contributed by atoms with Crippen LogP contribution in [0, 0.1) is 11.3 Å². The molecule has 0 bridgehead atoms. The number of rotatable bonds is 9. The van der Waals surface area contributed by atoms with Crippen LogP contribution in [0.3, 0.4) is 0 Å². The number of aliphatic hydroxyl groups excluding tert-OH is 2. The van der Waals surface area contributed by atoms with E-state index in [9.17, 15) is 5.26 Å². The molecule has 0 radical (unpaired) electrons. The fourth-order valence-corrected chi connectivity index (χ4v) is 3.38. The number of nitrogens with zero attached hydrogens (tertiary/aromatic N) is 5. The molecule has 1 aliphatic rings. The summed E-state index contributed by atoms with van der Waals surface area (Å²) in [5, 5.41) is 33.9. The number of ether oxygens (including phenoxy) is 1. The minimum atomic E-state index is -0.0822. The molecule has 1 aliphatic heterocycles. The number of methoxy groups -OCH3 is 1. The van der Waals surface area contributed by atoms with Crippen LogP contribution in [-0.4, -0.2) is 79.8 Å². The van der Waals surface area contributed by atoms with Crippen molar-refractivity contribution in [2.45, 2.75) is 0 Å². The Balaban J connectivity index is 1.83. The van der Waals surface area contributed by atoms with Gasteiger partial charge in [-0.05, 0) is 12.1 Å². The van der Waals surface area contributed by atoms with Crippen LogP contribution in [0.2, 0.25) is 0 Å². The molecule has 4 N–H and O–H groups in total. The van der Waals surface area contributed by atoms with E-state index in [1.807, 2.05) is 24.3 Å². The highest BCUT2D eigenvalue weighted by atomic mass is 16.5. The first-order valence-corrected chi connectivity index (χ1v) is 9.86.